The third kappa shape index (κ3) is 3.19. The summed E-state index contributed by atoms with van der Waals surface area (Å²) in [4.78, 5) is 14.7. The first kappa shape index (κ1) is 13.7. The van der Waals surface area contributed by atoms with Crippen LogP contribution in [0.2, 0.25) is 0 Å². The molecule has 1 heterocycles. The van der Waals surface area contributed by atoms with Crippen molar-refractivity contribution in [2.75, 3.05) is 26.3 Å². The molecule has 0 saturated carbocycles. The topological polar surface area (TPSA) is 53.3 Å². The van der Waals surface area contributed by atoms with Crippen molar-refractivity contribution in [3.05, 3.63) is 35.9 Å². The summed E-state index contributed by atoms with van der Waals surface area (Å²) in [5.41, 5.74) is 0.668. The van der Waals surface area contributed by atoms with Gasteiger partial charge in [0.05, 0.1) is 31.2 Å². The summed E-state index contributed by atoms with van der Waals surface area (Å²) < 4.78 is 5.31. The van der Waals surface area contributed by atoms with Crippen LogP contribution < -0.4 is 0 Å². The van der Waals surface area contributed by atoms with Crippen LogP contribution in [-0.4, -0.2) is 43.0 Å². The molecular formula is C15H18N2O2. The lowest BCUT2D eigenvalue weighted by Crippen LogP contribution is -2.50. The minimum atomic E-state index is -0.378. The summed E-state index contributed by atoms with van der Waals surface area (Å²) in [7, 11) is 0. The van der Waals surface area contributed by atoms with Crippen LogP contribution in [0.4, 0.5) is 0 Å². The largest absolute Gasteiger partial charge is 0.379 e. The lowest BCUT2D eigenvalue weighted by atomic mass is 9.93. The highest BCUT2D eigenvalue weighted by atomic mass is 16.5. The number of hydrogen-bond donors (Lipinski definition) is 0. The van der Waals surface area contributed by atoms with Crippen molar-refractivity contribution in [2.24, 2.45) is 5.92 Å². The maximum absolute atomic E-state index is 12.6. The predicted octanol–water partition coefficient (Wildman–Crippen LogP) is 1.73. The van der Waals surface area contributed by atoms with Gasteiger partial charge in [0.1, 0.15) is 0 Å². The molecule has 1 saturated heterocycles. The van der Waals surface area contributed by atoms with Gasteiger partial charge in [-0.25, -0.2) is 0 Å². The second-order valence-electron chi connectivity index (χ2n) is 4.74. The fraction of sp³-hybridized carbons (Fsp3) is 0.467. The molecular weight excluding hydrogens is 240 g/mol. The van der Waals surface area contributed by atoms with Crippen molar-refractivity contribution >= 4 is 5.78 Å². The van der Waals surface area contributed by atoms with Gasteiger partial charge in [0.25, 0.3) is 0 Å². The Morgan fingerprint density at radius 3 is 2.53 bits per heavy atom. The van der Waals surface area contributed by atoms with E-state index >= 15 is 0 Å². The fourth-order valence-corrected chi connectivity index (χ4v) is 2.41. The first-order valence-corrected chi connectivity index (χ1v) is 6.54. The third-order valence-corrected chi connectivity index (χ3v) is 3.44. The number of nitrogens with zero attached hydrogens (tertiary/aromatic N) is 2. The second kappa shape index (κ2) is 6.46. The first-order chi connectivity index (χ1) is 9.24. The van der Waals surface area contributed by atoms with Gasteiger partial charge in [-0.3, -0.25) is 9.69 Å². The Bertz CT molecular complexity index is 461. The number of rotatable bonds is 4. The lowest BCUT2D eigenvalue weighted by Gasteiger charge is -2.34. The Kier molecular flexibility index (Phi) is 4.67. The third-order valence-electron chi connectivity index (χ3n) is 3.44. The molecule has 1 aliphatic heterocycles. The van der Waals surface area contributed by atoms with Crippen molar-refractivity contribution in [3.8, 4) is 6.07 Å². The maximum atomic E-state index is 12.6. The Morgan fingerprint density at radius 2 is 1.95 bits per heavy atom. The van der Waals surface area contributed by atoms with Gasteiger partial charge in [-0.15, -0.1) is 0 Å². The van der Waals surface area contributed by atoms with Crippen molar-refractivity contribution in [1.82, 2.24) is 4.90 Å². The molecule has 0 N–H and O–H groups in total. The number of carbonyl (C=O) groups is 1. The van der Waals surface area contributed by atoms with Crippen molar-refractivity contribution in [1.29, 1.82) is 5.26 Å². The van der Waals surface area contributed by atoms with Crippen LogP contribution in [0.1, 0.15) is 17.3 Å². The molecule has 0 aliphatic carbocycles. The number of ether oxygens (including phenoxy) is 1. The molecule has 4 nitrogen and oxygen atoms in total. The number of nitriles is 1. The summed E-state index contributed by atoms with van der Waals surface area (Å²) in [6.07, 6.45) is 0. The highest BCUT2D eigenvalue weighted by Crippen LogP contribution is 2.18. The van der Waals surface area contributed by atoms with Gasteiger partial charge in [0, 0.05) is 18.7 Å². The summed E-state index contributed by atoms with van der Waals surface area (Å²) in [5, 5.41) is 9.17. The van der Waals surface area contributed by atoms with Gasteiger partial charge in [-0.1, -0.05) is 30.3 Å². The zero-order chi connectivity index (χ0) is 13.7. The summed E-state index contributed by atoms with van der Waals surface area (Å²) >= 11 is 0. The Hall–Kier alpha value is -1.70. The van der Waals surface area contributed by atoms with Gasteiger partial charge in [0.15, 0.2) is 5.78 Å². The van der Waals surface area contributed by atoms with Gasteiger partial charge in [0.2, 0.25) is 0 Å². The second-order valence-corrected chi connectivity index (χ2v) is 4.74. The molecule has 4 heteroatoms. The summed E-state index contributed by atoms with van der Waals surface area (Å²) in [6, 6.07) is 11.0. The number of carbonyl (C=O) groups excluding carboxylic acids is 1. The van der Waals surface area contributed by atoms with Crippen molar-refractivity contribution in [3.63, 3.8) is 0 Å². The van der Waals surface area contributed by atoms with E-state index in [1.165, 1.54) is 0 Å². The average Bonchev–Trinajstić information content (AvgIpc) is 2.49. The molecule has 0 aromatic heterocycles. The standard InChI is InChI=1S/C15H18N2O2/c1-12(11-16)14(17-7-9-19-10-8-17)15(18)13-5-3-2-4-6-13/h2-6,12,14H,7-10H2,1H3. The summed E-state index contributed by atoms with van der Waals surface area (Å²) in [5.74, 6) is -0.303. The van der Waals surface area contributed by atoms with Gasteiger partial charge < -0.3 is 4.74 Å². The SMILES string of the molecule is CC(C#N)C(C(=O)c1ccccc1)N1CCOCC1. The van der Waals surface area contributed by atoms with E-state index in [4.69, 9.17) is 4.74 Å². The minimum Gasteiger partial charge on any atom is -0.379 e. The van der Waals surface area contributed by atoms with Crippen LogP contribution in [0.15, 0.2) is 30.3 Å². The van der Waals surface area contributed by atoms with E-state index in [-0.39, 0.29) is 17.7 Å². The number of ketones is 1. The molecule has 1 fully saturated rings. The van der Waals surface area contributed by atoms with Gasteiger partial charge in [-0.05, 0) is 6.92 Å². The van der Waals surface area contributed by atoms with E-state index in [1.54, 1.807) is 19.1 Å². The molecule has 2 rings (SSSR count). The maximum Gasteiger partial charge on any atom is 0.181 e. The molecule has 1 aliphatic rings. The Balaban J connectivity index is 2.22. The van der Waals surface area contributed by atoms with Crippen molar-refractivity contribution < 1.29 is 9.53 Å². The quantitative estimate of drug-likeness (QED) is 0.772. The number of hydrogen-bond acceptors (Lipinski definition) is 4. The molecule has 0 radical (unpaired) electrons. The molecule has 0 spiro atoms. The Morgan fingerprint density at radius 1 is 1.32 bits per heavy atom. The van der Waals surface area contributed by atoms with E-state index in [0.717, 1.165) is 0 Å². The van der Waals surface area contributed by atoms with Crippen LogP contribution in [0.25, 0.3) is 0 Å². The molecule has 100 valence electrons. The van der Waals surface area contributed by atoms with Crippen LogP contribution in [0.5, 0.6) is 0 Å². The number of Topliss-reactive ketones (excluding diaryl/α,β-unsaturated/α-hetero) is 1. The number of morpholine rings is 1. The zero-order valence-electron chi connectivity index (χ0n) is 11.1. The highest BCUT2D eigenvalue weighted by molar-refractivity contribution is 6.00. The molecule has 0 amide bonds. The van der Waals surface area contributed by atoms with Crippen LogP contribution >= 0.6 is 0 Å². The molecule has 2 atom stereocenters. The van der Waals surface area contributed by atoms with Crippen LogP contribution in [0.3, 0.4) is 0 Å². The molecule has 2 unspecified atom stereocenters. The molecule has 0 bridgehead atoms. The normalized spacial score (nSPS) is 19.4. The smallest absolute Gasteiger partial charge is 0.181 e. The van der Waals surface area contributed by atoms with E-state index < -0.39 is 0 Å². The van der Waals surface area contributed by atoms with E-state index in [1.807, 2.05) is 18.2 Å². The highest BCUT2D eigenvalue weighted by Gasteiger charge is 2.32. The Labute approximate surface area is 113 Å². The molecule has 1 aromatic rings. The van der Waals surface area contributed by atoms with Gasteiger partial charge >= 0.3 is 0 Å². The summed E-state index contributed by atoms with van der Waals surface area (Å²) in [6.45, 7) is 4.46. The van der Waals surface area contributed by atoms with E-state index in [2.05, 4.69) is 11.0 Å². The zero-order valence-corrected chi connectivity index (χ0v) is 11.1. The average molecular weight is 258 g/mol. The van der Waals surface area contributed by atoms with Crippen LogP contribution in [0, 0.1) is 17.2 Å². The lowest BCUT2D eigenvalue weighted by molar-refractivity contribution is 0.0118. The molecule has 1 aromatic carbocycles. The predicted molar refractivity (Wildman–Crippen MR) is 71.7 cm³/mol. The number of benzene rings is 1. The van der Waals surface area contributed by atoms with E-state index in [0.29, 0.717) is 31.9 Å². The molecule has 19 heavy (non-hydrogen) atoms. The van der Waals surface area contributed by atoms with Crippen molar-refractivity contribution in [2.45, 2.75) is 13.0 Å². The minimum absolute atomic E-state index is 0.0246. The van der Waals surface area contributed by atoms with E-state index in [9.17, 15) is 10.1 Å². The van der Waals surface area contributed by atoms with Crippen LogP contribution in [-0.2, 0) is 4.74 Å². The first-order valence-electron chi connectivity index (χ1n) is 6.54. The monoisotopic (exact) mass is 258 g/mol. The fourth-order valence-electron chi connectivity index (χ4n) is 2.41. The van der Waals surface area contributed by atoms with Gasteiger partial charge in [-0.2, -0.15) is 5.26 Å².